The van der Waals surface area contributed by atoms with Crippen molar-refractivity contribution < 1.29 is 14.3 Å². The summed E-state index contributed by atoms with van der Waals surface area (Å²) in [6.45, 7) is 9.75. The molecule has 0 radical (unpaired) electrons. The Labute approximate surface area is 146 Å². The highest BCUT2D eigenvalue weighted by molar-refractivity contribution is 6.19. The Hall–Kier alpha value is -2.83. The predicted octanol–water partition coefficient (Wildman–Crippen LogP) is 2.56. The molecule has 132 valence electrons. The second-order valence-corrected chi connectivity index (χ2v) is 6.40. The fourth-order valence-electron chi connectivity index (χ4n) is 2.91. The number of hydrogen-bond donors (Lipinski definition) is 2. The molecule has 0 fully saturated rings. The van der Waals surface area contributed by atoms with Crippen molar-refractivity contribution in [2.24, 2.45) is 0 Å². The summed E-state index contributed by atoms with van der Waals surface area (Å²) >= 11 is 0. The van der Waals surface area contributed by atoms with Gasteiger partial charge in [-0.05, 0) is 52.3 Å². The quantitative estimate of drug-likeness (QED) is 0.840. The second-order valence-electron chi connectivity index (χ2n) is 6.40. The van der Waals surface area contributed by atoms with Gasteiger partial charge in [0.05, 0.1) is 22.8 Å². The van der Waals surface area contributed by atoms with E-state index < -0.39 is 17.4 Å². The topological polar surface area (TPSA) is 85.2 Å². The lowest BCUT2D eigenvalue weighted by atomic mass is 10.0. The number of anilines is 2. The van der Waals surface area contributed by atoms with Crippen LogP contribution in [0.5, 0.6) is 5.75 Å². The number of carbonyl (C=O) groups is 2. The van der Waals surface area contributed by atoms with E-state index in [1.54, 1.807) is 10.7 Å². The smallest absolute Gasteiger partial charge is 0.278 e. The zero-order chi connectivity index (χ0) is 18.4. The van der Waals surface area contributed by atoms with Crippen LogP contribution in [-0.4, -0.2) is 27.2 Å². The van der Waals surface area contributed by atoms with E-state index in [-0.39, 0.29) is 0 Å². The van der Waals surface area contributed by atoms with Crippen LogP contribution in [0.25, 0.3) is 0 Å². The van der Waals surface area contributed by atoms with Crippen molar-refractivity contribution >= 4 is 23.2 Å². The zero-order valence-corrected chi connectivity index (χ0v) is 15.1. The first kappa shape index (κ1) is 17.0. The Kier molecular flexibility index (Phi) is 4.02. The molecule has 0 bridgehead atoms. The van der Waals surface area contributed by atoms with Crippen LogP contribution in [0.2, 0.25) is 0 Å². The van der Waals surface area contributed by atoms with Crippen LogP contribution in [0.1, 0.15) is 30.8 Å². The summed E-state index contributed by atoms with van der Waals surface area (Å²) in [5.74, 6) is -0.556. The lowest BCUT2D eigenvalue weighted by molar-refractivity contribution is -0.143. The van der Waals surface area contributed by atoms with E-state index in [1.807, 2.05) is 39.8 Å². The molecule has 0 spiro atoms. The Bertz CT molecular complexity index is 871. The van der Waals surface area contributed by atoms with Crippen LogP contribution in [-0.2, 0) is 16.1 Å². The van der Waals surface area contributed by atoms with Gasteiger partial charge in [-0.25, -0.2) is 0 Å². The van der Waals surface area contributed by atoms with Crippen molar-refractivity contribution in [2.45, 2.75) is 46.8 Å². The highest BCUT2D eigenvalue weighted by Gasteiger charge is 2.47. The zero-order valence-electron chi connectivity index (χ0n) is 15.1. The first-order chi connectivity index (χ1) is 11.8. The van der Waals surface area contributed by atoms with E-state index >= 15 is 0 Å². The molecule has 2 aromatic rings. The third kappa shape index (κ3) is 2.75. The van der Waals surface area contributed by atoms with Crippen LogP contribution in [0, 0.1) is 20.8 Å². The van der Waals surface area contributed by atoms with Gasteiger partial charge >= 0.3 is 0 Å². The first-order valence-corrected chi connectivity index (χ1v) is 8.23. The van der Waals surface area contributed by atoms with Crippen molar-refractivity contribution in [3.63, 3.8) is 0 Å². The number of aryl methyl sites for hydroxylation is 3. The Balaban J connectivity index is 1.90. The lowest BCUT2D eigenvalue weighted by Crippen LogP contribution is -2.56. The Morgan fingerprint density at radius 3 is 2.72 bits per heavy atom. The van der Waals surface area contributed by atoms with E-state index in [0.717, 1.165) is 11.3 Å². The number of nitrogens with one attached hydrogen (secondary N) is 2. The Morgan fingerprint density at radius 2 is 2.08 bits per heavy atom. The highest BCUT2D eigenvalue weighted by atomic mass is 16.5. The van der Waals surface area contributed by atoms with Gasteiger partial charge in [0, 0.05) is 6.54 Å². The van der Waals surface area contributed by atoms with Crippen molar-refractivity contribution in [3.05, 3.63) is 35.2 Å². The fraction of sp³-hybridized carbons (Fsp3) is 0.389. The molecule has 1 unspecified atom stereocenters. The number of carbonyl (C=O) groups excluding carboxylic acids is 2. The lowest BCUT2D eigenvalue weighted by Gasteiger charge is -2.33. The summed E-state index contributed by atoms with van der Waals surface area (Å²) in [5.41, 5.74) is 2.05. The third-order valence-corrected chi connectivity index (χ3v) is 4.48. The van der Waals surface area contributed by atoms with Gasteiger partial charge in [-0.1, -0.05) is 6.07 Å². The van der Waals surface area contributed by atoms with Crippen molar-refractivity contribution in [1.29, 1.82) is 0 Å². The summed E-state index contributed by atoms with van der Waals surface area (Å²) in [4.78, 5) is 25.4. The standard InChI is InChI=1S/C18H22N4O3/c1-6-22-12(4)15(11(3)21-22)20-17(24)18(5)16(23)19-13-9-10(2)7-8-14(13)25-18/h7-9H,6H2,1-5H3,(H,19,23)(H,20,24). The maximum absolute atomic E-state index is 12.8. The number of nitrogens with zero attached hydrogens (tertiary/aromatic N) is 2. The summed E-state index contributed by atoms with van der Waals surface area (Å²) in [5, 5.41) is 9.94. The van der Waals surface area contributed by atoms with E-state index in [4.69, 9.17) is 4.74 Å². The molecule has 1 aliphatic rings. The van der Waals surface area contributed by atoms with Gasteiger partial charge in [0.25, 0.3) is 17.4 Å². The number of amides is 2. The van der Waals surface area contributed by atoms with Crippen LogP contribution in [0.3, 0.4) is 0 Å². The number of rotatable bonds is 3. The molecule has 1 atom stereocenters. The van der Waals surface area contributed by atoms with Gasteiger partial charge < -0.3 is 15.4 Å². The molecule has 0 aliphatic carbocycles. The summed E-state index contributed by atoms with van der Waals surface area (Å²) in [6.07, 6.45) is 0. The number of benzene rings is 1. The molecular formula is C18H22N4O3. The van der Waals surface area contributed by atoms with Gasteiger partial charge in [-0.3, -0.25) is 14.3 Å². The molecule has 3 rings (SSSR count). The predicted molar refractivity (Wildman–Crippen MR) is 94.8 cm³/mol. The molecule has 2 amide bonds. The number of aromatic nitrogens is 2. The summed E-state index contributed by atoms with van der Waals surface area (Å²) in [7, 11) is 0. The minimum atomic E-state index is -1.66. The van der Waals surface area contributed by atoms with Gasteiger partial charge in [0.15, 0.2) is 0 Å². The molecule has 25 heavy (non-hydrogen) atoms. The molecule has 1 aromatic carbocycles. The summed E-state index contributed by atoms with van der Waals surface area (Å²) in [6, 6.07) is 5.43. The van der Waals surface area contributed by atoms with Crippen molar-refractivity contribution in [1.82, 2.24) is 9.78 Å². The van der Waals surface area contributed by atoms with Gasteiger partial charge in [-0.2, -0.15) is 5.10 Å². The van der Waals surface area contributed by atoms with E-state index in [2.05, 4.69) is 15.7 Å². The minimum Gasteiger partial charge on any atom is -0.466 e. The SMILES string of the molecule is CCn1nc(C)c(NC(=O)C2(C)Oc3ccc(C)cc3NC2=O)c1C. The molecule has 7 heteroatoms. The van der Waals surface area contributed by atoms with Crippen LogP contribution < -0.4 is 15.4 Å². The van der Waals surface area contributed by atoms with E-state index in [0.29, 0.717) is 29.4 Å². The monoisotopic (exact) mass is 342 g/mol. The van der Waals surface area contributed by atoms with Crippen LogP contribution in [0.4, 0.5) is 11.4 Å². The second kappa shape index (κ2) is 5.91. The minimum absolute atomic E-state index is 0.473. The molecule has 7 nitrogen and oxygen atoms in total. The number of ether oxygens (including phenoxy) is 1. The average molecular weight is 342 g/mol. The molecule has 1 aliphatic heterocycles. The Morgan fingerprint density at radius 1 is 1.36 bits per heavy atom. The van der Waals surface area contributed by atoms with Crippen molar-refractivity contribution in [3.8, 4) is 5.75 Å². The van der Waals surface area contributed by atoms with Crippen molar-refractivity contribution in [2.75, 3.05) is 10.6 Å². The molecule has 0 saturated heterocycles. The molecule has 2 heterocycles. The molecular weight excluding hydrogens is 320 g/mol. The first-order valence-electron chi connectivity index (χ1n) is 8.23. The molecule has 2 N–H and O–H groups in total. The van der Waals surface area contributed by atoms with Gasteiger partial charge in [0.2, 0.25) is 0 Å². The number of fused-ring (bicyclic) bond motifs is 1. The molecule has 0 saturated carbocycles. The van der Waals surface area contributed by atoms with Crippen LogP contribution >= 0.6 is 0 Å². The van der Waals surface area contributed by atoms with Crippen LogP contribution in [0.15, 0.2) is 18.2 Å². The number of hydrogen-bond acceptors (Lipinski definition) is 4. The summed E-state index contributed by atoms with van der Waals surface area (Å²) < 4.78 is 7.58. The fourth-order valence-corrected chi connectivity index (χ4v) is 2.91. The normalized spacial score (nSPS) is 19.0. The average Bonchev–Trinajstić information content (AvgIpc) is 2.83. The third-order valence-electron chi connectivity index (χ3n) is 4.48. The van der Waals surface area contributed by atoms with Gasteiger partial charge in [-0.15, -0.1) is 0 Å². The van der Waals surface area contributed by atoms with Gasteiger partial charge in [0.1, 0.15) is 5.75 Å². The maximum Gasteiger partial charge on any atom is 0.278 e. The highest BCUT2D eigenvalue weighted by Crippen LogP contribution is 2.35. The maximum atomic E-state index is 12.8. The molecule has 1 aromatic heterocycles. The largest absolute Gasteiger partial charge is 0.466 e. The van der Waals surface area contributed by atoms with E-state index in [1.165, 1.54) is 6.92 Å². The van der Waals surface area contributed by atoms with E-state index in [9.17, 15) is 9.59 Å².